The Bertz CT molecular complexity index is 743. The van der Waals surface area contributed by atoms with Crippen molar-refractivity contribution in [3.05, 3.63) is 46.5 Å². The predicted octanol–water partition coefficient (Wildman–Crippen LogP) is 6.69. The molecular weight excluding hydrogens is 342 g/mol. The molecule has 146 valence electrons. The highest BCUT2D eigenvalue weighted by Gasteiger charge is 2.42. The molecule has 0 N–H and O–H groups in total. The Labute approximate surface area is 161 Å². The van der Waals surface area contributed by atoms with Crippen LogP contribution in [0.15, 0.2) is 23.8 Å². The van der Waals surface area contributed by atoms with Gasteiger partial charge in [-0.25, -0.2) is 8.78 Å². The van der Waals surface area contributed by atoms with Gasteiger partial charge in [-0.15, -0.1) is 0 Å². The van der Waals surface area contributed by atoms with Crippen LogP contribution in [0.25, 0.3) is 0 Å². The second kappa shape index (κ2) is 6.99. The zero-order chi connectivity index (χ0) is 18.5. The number of hydrogen-bond acceptors (Lipinski definition) is 1. The topological polar surface area (TPSA) is 12.5 Å². The molecule has 1 nitrogen and oxygen atoms in total. The zero-order valence-electron chi connectivity index (χ0n) is 16.2. The minimum atomic E-state index is -0.685. The van der Waals surface area contributed by atoms with Crippen molar-refractivity contribution in [1.82, 2.24) is 0 Å². The number of halogens is 2. The third-order valence-corrected chi connectivity index (χ3v) is 8.01. The summed E-state index contributed by atoms with van der Waals surface area (Å²) < 4.78 is 34.2. The number of fused-ring (bicyclic) bond motifs is 1. The minimum absolute atomic E-state index is 0.162. The van der Waals surface area contributed by atoms with Crippen molar-refractivity contribution in [1.29, 1.82) is 0 Å². The highest BCUT2D eigenvalue weighted by molar-refractivity contribution is 5.32. The highest BCUT2D eigenvalue weighted by Crippen LogP contribution is 2.53. The summed E-state index contributed by atoms with van der Waals surface area (Å²) in [5, 5.41) is 0. The second-order valence-corrected chi connectivity index (χ2v) is 9.20. The van der Waals surface area contributed by atoms with Gasteiger partial charge in [0.2, 0.25) is 0 Å². The lowest BCUT2D eigenvalue weighted by molar-refractivity contribution is 0.307. The van der Waals surface area contributed by atoms with Gasteiger partial charge in [0, 0.05) is 5.56 Å². The van der Waals surface area contributed by atoms with Crippen LogP contribution in [0.1, 0.15) is 81.4 Å². The number of epoxide rings is 1. The van der Waals surface area contributed by atoms with Gasteiger partial charge in [0.25, 0.3) is 0 Å². The van der Waals surface area contributed by atoms with Gasteiger partial charge in [0.1, 0.15) is 6.10 Å². The molecule has 0 spiro atoms. The van der Waals surface area contributed by atoms with E-state index < -0.39 is 11.6 Å². The second-order valence-electron chi connectivity index (χ2n) is 9.20. The maximum Gasteiger partial charge on any atom is 0.165 e. The van der Waals surface area contributed by atoms with E-state index in [0.717, 1.165) is 43.4 Å². The van der Waals surface area contributed by atoms with Crippen molar-refractivity contribution in [3.63, 3.8) is 0 Å². The Morgan fingerprint density at radius 1 is 0.926 bits per heavy atom. The molecule has 1 saturated heterocycles. The fraction of sp³-hybridized carbons (Fsp3) is 0.667. The first-order valence-corrected chi connectivity index (χ1v) is 11.0. The van der Waals surface area contributed by atoms with E-state index in [1.807, 2.05) is 6.07 Å². The summed E-state index contributed by atoms with van der Waals surface area (Å²) in [6.45, 7) is 2.85. The molecule has 1 aromatic rings. The molecule has 1 aromatic carbocycles. The van der Waals surface area contributed by atoms with Gasteiger partial charge in [-0.1, -0.05) is 37.1 Å². The molecule has 5 rings (SSSR count). The van der Waals surface area contributed by atoms with Gasteiger partial charge in [0.05, 0.1) is 6.61 Å². The van der Waals surface area contributed by atoms with Crippen molar-refractivity contribution in [3.8, 4) is 0 Å². The first kappa shape index (κ1) is 17.8. The Balaban J connectivity index is 1.25. The smallest absolute Gasteiger partial charge is 0.165 e. The van der Waals surface area contributed by atoms with Crippen molar-refractivity contribution in [2.24, 2.45) is 23.7 Å². The van der Waals surface area contributed by atoms with Gasteiger partial charge in [-0.3, -0.25) is 0 Å². The van der Waals surface area contributed by atoms with Gasteiger partial charge in [-0.2, -0.15) is 0 Å². The summed E-state index contributed by atoms with van der Waals surface area (Å²) in [7, 11) is 0. The molecule has 4 unspecified atom stereocenters. The van der Waals surface area contributed by atoms with Gasteiger partial charge in [0.15, 0.2) is 11.6 Å². The number of benzene rings is 1. The fourth-order valence-corrected chi connectivity index (χ4v) is 6.43. The summed E-state index contributed by atoms with van der Waals surface area (Å²) >= 11 is 0. The van der Waals surface area contributed by atoms with Crippen LogP contribution in [-0.4, -0.2) is 6.61 Å². The lowest BCUT2D eigenvalue weighted by Crippen LogP contribution is -2.20. The van der Waals surface area contributed by atoms with Crippen molar-refractivity contribution >= 4 is 0 Å². The van der Waals surface area contributed by atoms with E-state index in [9.17, 15) is 8.78 Å². The van der Waals surface area contributed by atoms with Crippen molar-refractivity contribution in [2.45, 2.75) is 70.3 Å². The largest absolute Gasteiger partial charge is 0.368 e. The third-order valence-electron chi connectivity index (χ3n) is 8.01. The number of hydrogen-bond donors (Lipinski definition) is 0. The van der Waals surface area contributed by atoms with Crippen LogP contribution in [0.4, 0.5) is 8.78 Å². The van der Waals surface area contributed by atoms with E-state index in [0.29, 0.717) is 23.7 Å². The molecule has 4 aliphatic rings. The predicted molar refractivity (Wildman–Crippen MR) is 102 cm³/mol. The van der Waals surface area contributed by atoms with E-state index in [1.54, 1.807) is 11.6 Å². The van der Waals surface area contributed by atoms with E-state index in [1.165, 1.54) is 25.7 Å². The molecule has 3 heteroatoms. The van der Waals surface area contributed by atoms with Crippen molar-refractivity contribution < 1.29 is 13.5 Å². The average Bonchev–Trinajstić information content (AvgIpc) is 3.31. The molecule has 0 radical (unpaired) electrons. The quantitative estimate of drug-likeness (QED) is 0.423. The van der Waals surface area contributed by atoms with Crippen LogP contribution in [0.2, 0.25) is 0 Å². The Morgan fingerprint density at radius 3 is 2.30 bits per heavy atom. The molecule has 0 bridgehead atoms. The van der Waals surface area contributed by atoms with Gasteiger partial charge >= 0.3 is 0 Å². The van der Waals surface area contributed by atoms with E-state index >= 15 is 0 Å². The molecule has 1 heterocycles. The molecular formula is C24H30F2O. The molecule has 2 saturated carbocycles. The van der Waals surface area contributed by atoms with Crippen LogP contribution in [-0.2, 0) is 4.74 Å². The molecule has 3 fully saturated rings. The van der Waals surface area contributed by atoms with E-state index in [4.69, 9.17) is 4.74 Å². The third kappa shape index (κ3) is 3.06. The van der Waals surface area contributed by atoms with E-state index in [-0.39, 0.29) is 12.0 Å². The molecule has 1 aliphatic heterocycles. The lowest BCUT2D eigenvalue weighted by Gasteiger charge is -2.32. The van der Waals surface area contributed by atoms with Crippen LogP contribution in [0.3, 0.4) is 0 Å². The monoisotopic (exact) mass is 372 g/mol. The molecule has 3 aliphatic carbocycles. The van der Waals surface area contributed by atoms with Crippen molar-refractivity contribution in [2.75, 3.05) is 6.61 Å². The SMILES string of the molecule is CCC1CCC2C(C3CCC(c4ccc(C5CO5)c(F)c4F)CC3)=CCC12. The van der Waals surface area contributed by atoms with Gasteiger partial charge in [-0.05, 0) is 80.1 Å². The number of rotatable bonds is 4. The summed E-state index contributed by atoms with van der Waals surface area (Å²) in [5.41, 5.74) is 2.70. The van der Waals surface area contributed by atoms with Crippen LogP contribution in [0, 0.1) is 35.3 Å². The molecule has 27 heavy (non-hydrogen) atoms. The molecule has 4 atom stereocenters. The van der Waals surface area contributed by atoms with E-state index in [2.05, 4.69) is 13.0 Å². The Morgan fingerprint density at radius 2 is 1.59 bits per heavy atom. The summed E-state index contributed by atoms with van der Waals surface area (Å²) in [4.78, 5) is 0. The summed E-state index contributed by atoms with van der Waals surface area (Å²) in [6.07, 6.45) is 11.9. The van der Waals surface area contributed by atoms with Crippen LogP contribution < -0.4 is 0 Å². The standard InChI is InChI=1S/C24H30F2O/c1-2-14-7-8-20-17(14)9-10-18(20)15-3-5-16(6-4-15)19-11-12-21(22-13-27-22)24(26)23(19)25/h10-12,14-17,20,22H,2-9,13H2,1H3. The van der Waals surface area contributed by atoms with Crippen LogP contribution in [0.5, 0.6) is 0 Å². The Hall–Kier alpha value is -1.22. The number of allylic oxidation sites excluding steroid dienone is 2. The first-order valence-electron chi connectivity index (χ1n) is 11.0. The fourth-order valence-electron chi connectivity index (χ4n) is 6.43. The van der Waals surface area contributed by atoms with Crippen LogP contribution >= 0.6 is 0 Å². The summed E-state index contributed by atoms with van der Waals surface area (Å²) in [5.74, 6) is 2.16. The molecule has 0 amide bonds. The minimum Gasteiger partial charge on any atom is -0.368 e. The van der Waals surface area contributed by atoms with Gasteiger partial charge < -0.3 is 4.74 Å². The average molecular weight is 372 g/mol. The maximum absolute atomic E-state index is 14.6. The maximum atomic E-state index is 14.6. The first-order chi connectivity index (χ1) is 13.2. The summed E-state index contributed by atoms with van der Waals surface area (Å²) in [6, 6.07) is 3.55. The normalized spacial score (nSPS) is 38.0. The highest BCUT2D eigenvalue weighted by atomic mass is 19.2. The lowest BCUT2D eigenvalue weighted by atomic mass is 9.73. The molecule has 0 aromatic heterocycles. The Kier molecular flexibility index (Phi) is 4.62. The zero-order valence-corrected chi connectivity index (χ0v) is 16.2. The number of ether oxygens (including phenoxy) is 1.